The largest absolute Gasteiger partial charge is 0.388 e. The minimum absolute atomic E-state index is 0.541. The lowest BCUT2D eigenvalue weighted by molar-refractivity contribution is 0.177. The maximum absolute atomic E-state index is 10.2. The lowest BCUT2D eigenvalue weighted by atomic mass is 10.0. The molecule has 0 aliphatic rings. The zero-order valence-electron chi connectivity index (χ0n) is 9.47. The Morgan fingerprint density at radius 1 is 1.29 bits per heavy atom. The summed E-state index contributed by atoms with van der Waals surface area (Å²) < 4.78 is 0.921. The quantitative estimate of drug-likeness (QED) is 0.946. The fourth-order valence-corrected chi connectivity index (χ4v) is 2.14. The van der Waals surface area contributed by atoms with Gasteiger partial charge in [-0.25, -0.2) is 0 Å². The van der Waals surface area contributed by atoms with E-state index in [0.29, 0.717) is 6.42 Å². The molecule has 0 bridgehead atoms. The van der Waals surface area contributed by atoms with Gasteiger partial charge in [-0.2, -0.15) is 0 Å². The second-order valence-electron chi connectivity index (χ2n) is 3.96. The fraction of sp³-hybridized carbons (Fsp3) is 0.231. The average molecular weight is 293 g/mol. The molecule has 0 fully saturated rings. The van der Waals surface area contributed by atoms with Crippen molar-refractivity contribution in [1.29, 1.82) is 0 Å². The van der Waals surface area contributed by atoms with Crippen LogP contribution in [0.25, 0.3) is 0 Å². The Morgan fingerprint density at radius 3 is 2.82 bits per heavy atom. The highest BCUT2D eigenvalue weighted by atomic mass is 79.9. The Balaban J connectivity index is 2.17. The van der Waals surface area contributed by atoms with Crippen LogP contribution >= 0.6 is 15.9 Å². The van der Waals surface area contributed by atoms with E-state index in [0.717, 1.165) is 21.2 Å². The van der Waals surface area contributed by atoms with Gasteiger partial charge in [0.25, 0.3) is 0 Å². The summed E-state index contributed by atoms with van der Waals surface area (Å²) in [7, 11) is 0. The van der Waals surface area contributed by atoms with Crippen molar-refractivity contribution >= 4 is 15.9 Å². The van der Waals surface area contributed by atoms with E-state index in [4.69, 9.17) is 0 Å². The van der Waals surface area contributed by atoms with Crippen LogP contribution in [0.15, 0.2) is 41.4 Å². The normalized spacial score (nSPS) is 12.4. The predicted octanol–water partition coefficient (Wildman–Crippen LogP) is 2.82. The van der Waals surface area contributed by atoms with Crippen molar-refractivity contribution in [2.75, 3.05) is 0 Å². The SMILES string of the molecule is Cc1ccncc1C(O)Cc1cncc(Br)c1. The van der Waals surface area contributed by atoms with Gasteiger partial charge in [0.1, 0.15) is 0 Å². The summed E-state index contributed by atoms with van der Waals surface area (Å²) in [5, 5.41) is 10.2. The Kier molecular flexibility index (Phi) is 3.86. The Labute approximate surface area is 109 Å². The first-order chi connectivity index (χ1) is 8.16. The van der Waals surface area contributed by atoms with Crippen LogP contribution in [0.5, 0.6) is 0 Å². The molecule has 0 aliphatic heterocycles. The number of halogens is 1. The molecule has 1 unspecified atom stereocenters. The van der Waals surface area contributed by atoms with Crippen molar-refractivity contribution in [3.05, 3.63) is 58.1 Å². The molecule has 4 heteroatoms. The Bertz CT molecular complexity index is 516. The van der Waals surface area contributed by atoms with Gasteiger partial charge in [-0.05, 0) is 46.1 Å². The zero-order valence-corrected chi connectivity index (χ0v) is 11.1. The molecule has 0 amide bonds. The summed E-state index contributed by atoms with van der Waals surface area (Å²) in [5.41, 5.74) is 2.91. The molecule has 0 spiro atoms. The van der Waals surface area contributed by atoms with Crippen molar-refractivity contribution in [3.8, 4) is 0 Å². The number of nitrogens with zero attached hydrogens (tertiary/aromatic N) is 2. The Hall–Kier alpha value is -1.26. The van der Waals surface area contributed by atoms with Gasteiger partial charge in [-0.1, -0.05) is 0 Å². The van der Waals surface area contributed by atoms with E-state index in [1.54, 1.807) is 24.8 Å². The third kappa shape index (κ3) is 3.11. The molecule has 3 nitrogen and oxygen atoms in total. The van der Waals surface area contributed by atoms with E-state index in [9.17, 15) is 5.11 Å². The number of pyridine rings is 2. The highest BCUT2D eigenvalue weighted by Crippen LogP contribution is 2.21. The third-order valence-electron chi connectivity index (χ3n) is 2.63. The first kappa shape index (κ1) is 12.2. The van der Waals surface area contributed by atoms with E-state index >= 15 is 0 Å². The zero-order chi connectivity index (χ0) is 12.3. The summed E-state index contributed by atoms with van der Waals surface area (Å²) in [4.78, 5) is 8.12. The molecule has 0 aromatic carbocycles. The van der Waals surface area contributed by atoms with Crippen LogP contribution in [0.4, 0.5) is 0 Å². The van der Waals surface area contributed by atoms with Gasteiger partial charge >= 0.3 is 0 Å². The van der Waals surface area contributed by atoms with Gasteiger partial charge < -0.3 is 5.11 Å². The number of aliphatic hydroxyl groups is 1. The van der Waals surface area contributed by atoms with Gasteiger partial charge in [-0.15, -0.1) is 0 Å². The molecule has 17 heavy (non-hydrogen) atoms. The van der Waals surface area contributed by atoms with Crippen LogP contribution in [0.3, 0.4) is 0 Å². The maximum Gasteiger partial charge on any atom is 0.0848 e. The van der Waals surface area contributed by atoms with Crippen molar-refractivity contribution in [1.82, 2.24) is 9.97 Å². The van der Waals surface area contributed by atoms with E-state index in [1.807, 2.05) is 19.1 Å². The standard InChI is InChI=1S/C13H13BrN2O/c1-9-2-3-15-8-12(9)13(17)5-10-4-11(14)7-16-6-10/h2-4,6-8,13,17H,5H2,1H3. The predicted molar refractivity (Wildman–Crippen MR) is 69.6 cm³/mol. The highest BCUT2D eigenvalue weighted by Gasteiger charge is 2.11. The first-order valence-electron chi connectivity index (χ1n) is 5.35. The summed E-state index contributed by atoms with van der Waals surface area (Å²) >= 11 is 3.37. The second kappa shape index (κ2) is 5.38. The number of aryl methyl sites for hydroxylation is 1. The van der Waals surface area contributed by atoms with Gasteiger partial charge in [0.05, 0.1) is 6.10 Å². The lowest BCUT2D eigenvalue weighted by Gasteiger charge is -2.12. The molecule has 88 valence electrons. The van der Waals surface area contributed by atoms with Crippen molar-refractivity contribution in [2.24, 2.45) is 0 Å². The van der Waals surface area contributed by atoms with E-state index in [1.165, 1.54) is 0 Å². The van der Waals surface area contributed by atoms with Gasteiger partial charge in [0.2, 0.25) is 0 Å². The minimum atomic E-state index is -0.542. The van der Waals surface area contributed by atoms with Crippen LogP contribution in [0.2, 0.25) is 0 Å². The molecule has 2 heterocycles. The molecule has 0 saturated heterocycles. The molecule has 0 aliphatic carbocycles. The summed E-state index contributed by atoms with van der Waals surface area (Å²) in [6, 6.07) is 3.86. The van der Waals surface area contributed by atoms with Gasteiger partial charge in [0.15, 0.2) is 0 Å². The second-order valence-corrected chi connectivity index (χ2v) is 4.88. The highest BCUT2D eigenvalue weighted by molar-refractivity contribution is 9.10. The number of hydrogen-bond acceptors (Lipinski definition) is 3. The van der Waals surface area contributed by atoms with Crippen LogP contribution in [-0.4, -0.2) is 15.1 Å². The summed E-state index contributed by atoms with van der Waals surface area (Å²) in [6.07, 6.45) is 6.93. The third-order valence-corrected chi connectivity index (χ3v) is 3.06. The molecule has 0 saturated carbocycles. The van der Waals surface area contributed by atoms with Crippen molar-refractivity contribution < 1.29 is 5.11 Å². The molecule has 1 N–H and O–H groups in total. The smallest absolute Gasteiger partial charge is 0.0848 e. The monoisotopic (exact) mass is 292 g/mol. The molecule has 2 aromatic rings. The molecule has 2 aromatic heterocycles. The van der Waals surface area contributed by atoms with Crippen LogP contribution in [-0.2, 0) is 6.42 Å². The maximum atomic E-state index is 10.2. The average Bonchev–Trinajstić information content (AvgIpc) is 2.29. The first-order valence-corrected chi connectivity index (χ1v) is 6.14. The van der Waals surface area contributed by atoms with E-state index in [2.05, 4.69) is 25.9 Å². The van der Waals surface area contributed by atoms with Gasteiger partial charge in [0, 0.05) is 41.2 Å². The van der Waals surface area contributed by atoms with E-state index in [-0.39, 0.29) is 0 Å². The van der Waals surface area contributed by atoms with Gasteiger partial charge in [-0.3, -0.25) is 9.97 Å². The number of hydrogen-bond donors (Lipinski definition) is 1. The van der Waals surface area contributed by atoms with Crippen LogP contribution in [0.1, 0.15) is 22.8 Å². The lowest BCUT2D eigenvalue weighted by Crippen LogP contribution is -2.04. The molecule has 2 rings (SSSR count). The minimum Gasteiger partial charge on any atom is -0.388 e. The van der Waals surface area contributed by atoms with Crippen molar-refractivity contribution in [2.45, 2.75) is 19.4 Å². The summed E-state index contributed by atoms with van der Waals surface area (Å²) in [5.74, 6) is 0. The number of aliphatic hydroxyl groups excluding tert-OH is 1. The number of aromatic nitrogens is 2. The molecule has 0 radical (unpaired) electrons. The number of rotatable bonds is 3. The van der Waals surface area contributed by atoms with Crippen LogP contribution < -0.4 is 0 Å². The molecule has 1 atom stereocenters. The van der Waals surface area contributed by atoms with Crippen molar-refractivity contribution in [3.63, 3.8) is 0 Å². The van der Waals surface area contributed by atoms with Crippen LogP contribution in [0, 0.1) is 6.92 Å². The van der Waals surface area contributed by atoms with E-state index < -0.39 is 6.10 Å². The Morgan fingerprint density at radius 2 is 2.12 bits per heavy atom. The molecular formula is C13H13BrN2O. The fourth-order valence-electron chi connectivity index (χ4n) is 1.73. The molecular weight excluding hydrogens is 280 g/mol. The topological polar surface area (TPSA) is 46.0 Å². The summed E-state index contributed by atoms with van der Waals surface area (Å²) in [6.45, 7) is 1.97.